The van der Waals surface area contributed by atoms with Gasteiger partial charge in [0.1, 0.15) is 6.29 Å². The van der Waals surface area contributed by atoms with Crippen molar-refractivity contribution in [3.8, 4) is 0 Å². The highest BCUT2D eigenvalue weighted by molar-refractivity contribution is 5.87. The van der Waals surface area contributed by atoms with Crippen molar-refractivity contribution in [3.05, 3.63) is 39.9 Å². The fourth-order valence-corrected chi connectivity index (χ4v) is 4.77. The third-order valence-electron chi connectivity index (χ3n) is 6.21. The van der Waals surface area contributed by atoms with E-state index >= 15 is 0 Å². The molecule has 1 aromatic rings. The molecule has 5 atom stereocenters. The predicted octanol–water partition coefficient (Wildman–Crippen LogP) is 2.06. The Balaban J connectivity index is 2.94. The topological polar surface area (TPSA) is 147 Å². The van der Waals surface area contributed by atoms with E-state index in [2.05, 4.69) is 5.32 Å². The highest BCUT2D eigenvalue weighted by Crippen LogP contribution is 2.58. The van der Waals surface area contributed by atoms with Crippen molar-refractivity contribution in [3.63, 3.8) is 0 Å². The van der Waals surface area contributed by atoms with Gasteiger partial charge in [0.05, 0.1) is 21.8 Å². The molecule has 1 saturated heterocycles. The minimum Gasteiger partial charge on any atom is -0.481 e. The highest BCUT2D eigenvalue weighted by Gasteiger charge is 2.67. The Morgan fingerprint density at radius 3 is 2.32 bits per heavy atom. The number of aliphatic carboxylic acids is 2. The fourth-order valence-electron chi connectivity index (χ4n) is 4.77. The van der Waals surface area contributed by atoms with Gasteiger partial charge in [-0.25, -0.2) is 0 Å². The third-order valence-corrected chi connectivity index (χ3v) is 6.21. The zero-order valence-corrected chi connectivity index (χ0v) is 16.1. The molecule has 3 N–H and O–H groups in total. The van der Waals surface area contributed by atoms with Crippen LogP contribution in [0.1, 0.15) is 39.2 Å². The summed E-state index contributed by atoms with van der Waals surface area (Å²) >= 11 is 0. The number of piperidine rings is 1. The molecule has 28 heavy (non-hydrogen) atoms. The van der Waals surface area contributed by atoms with Crippen molar-refractivity contribution < 1.29 is 29.5 Å². The van der Waals surface area contributed by atoms with E-state index in [1.807, 2.05) is 0 Å². The van der Waals surface area contributed by atoms with Gasteiger partial charge in [-0.15, -0.1) is 0 Å². The molecular formula is C19H24N2O7. The Bertz CT molecular complexity index is 824. The van der Waals surface area contributed by atoms with E-state index < -0.39 is 51.6 Å². The number of carboxylic acid groups (broad SMARTS) is 2. The smallest absolute Gasteiger partial charge is 0.312 e. The number of nitro groups is 1. The van der Waals surface area contributed by atoms with Crippen LogP contribution in [0.3, 0.4) is 0 Å². The molecule has 0 unspecified atom stereocenters. The molecule has 9 nitrogen and oxygen atoms in total. The molecule has 1 fully saturated rings. The van der Waals surface area contributed by atoms with Gasteiger partial charge in [-0.1, -0.05) is 26.0 Å². The van der Waals surface area contributed by atoms with Gasteiger partial charge in [-0.05, 0) is 25.3 Å². The first kappa shape index (κ1) is 21.5. The van der Waals surface area contributed by atoms with Gasteiger partial charge in [-0.2, -0.15) is 0 Å². The van der Waals surface area contributed by atoms with Crippen LogP contribution in [-0.2, 0) is 14.4 Å². The van der Waals surface area contributed by atoms with Gasteiger partial charge in [0, 0.05) is 24.1 Å². The molecule has 0 radical (unpaired) electrons. The predicted molar refractivity (Wildman–Crippen MR) is 98.9 cm³/mol. The van der Waals surface area contributed by atoms with E-state index in [0.29, 0.717) is 6.29 Å². The van der Waals surface area contributed by atoms with Crippen LogP contribution in [0.2, 0.25) is 0 Å². The number of nitrogens with zero attached hydrogens (tertiary/aromatic N) is 1. The van der Waals surface area contributed by atoms with Crippen LogP contribution in [0, 0.1) is 26.9 Å². The van der Waals surface area contributed by atoms with Crippen LogP contribution >= 0.6 is 0 Å². The van der Waals surface area contributed by atoms with Crippen molar-refractivity contribution in [2.24, 2.45) is 16.7 Å². The molecule has 0 aliphatic carbocycles. The maximum absolute atomic E-state index is 12.6. The zero-order valence-electron chi connectivity index (χ0n) is 16.1. The summed E-state index contributed by atoms with van der Waals surface area (Å²) < 4.78 is 0. The first-order chi connectivity index (χ1) is 12.9. The normalized spacial score (nSPS) is 32.7. The molecule has 1 aliphatic heterocycles. The van der Waals surface area contributed by atoms with E-state index in [1.54, 1.807) is 20.8 Å². The number of nitro benzene ring substituents is 1. The standard InChI is InChI=1S/C19H24N2O7/c1-10(2)19(17(25)26)11(3)20-14(9-22)18(4,16(23)24)15(19)12-6-5-7-13(8-12)21(27)28/h5-11,14-15,20H,1-4H3,(H,23,24)(H,25,26)/t11-,14+,15-,18+,19-/m0/s1. The largest absolute Gasteiger partial charge is 0.481 e. The molecule has 152 valence electrons. The van der Waals surface area contributed by atoms with Crippen LogP contribution in [0.5, 0.6) is 0 Å². The Labute approximate surface area is 161 Å². The Hall–Kier alpha value is -2.81. The monoisotopic (exact) mass is 392 g/mol. The summed E-state index contributed by atoms with van der Waals surface area (Å²) in [5.74, 6) is -4.31. The summed E-state index contributed by atoms with van der Waals surface area (Å²) in [5, 5.41) is 34.4. The number of carboxylic acids is 2. The van der Waals surface area contributed by atoms with E-state index in [0.717, 1.165) is 0 Å². The van der Waals surface area contributed by atoms with Gasteiger partial charge in [-0.3, -0.25) is 19.7 Å². The first-order valence-electron chi connectivity index (χ1n) is 8.88. The number of carbonyl (C=O) groups is 3. The Morgan fingerprint density at radius 2 is 1.89 bits per heavy atom. The Morgan fingerprint density at radius 1 is 1.29 bits per heavy atom. The maximum atomic E-state index is 12.6. The molecular weight excluding hydrogens is 368 g/mol. The molecule has 1 aromatic carbocycles. The van der Waals surface area contributed by atoms with Crippen molar-refractivity contribution in [2.75, 3.05) is 0 Å². The van der Waals surface area contributed by atoms with Gasteiger partial charge in [0.2, 0.25) is 0 Å². The molecule has 2 rings (SSSR count). The van der Waals surface area contributed by atoms with E-state index in [9.17, 15) is 34.7 Å². The van der Waals surface area contributed by atoms with Crippen LogP contribution in [-0.4, -0.2) is 45.4 Å². The second-order valence-corrected chi connectivity index (χ2v) is 7.77. The second kappa shape index (κ2) is 7.31. The van der Waals surface area contributed by atoms with E-state index in [1.165, 1.54) is 31.2 Å². The second-order valence-electron chi connectivity index (χ2n) is 7.77. The molecule has 0 saturated carbocycles. The maximum Gasteiger partial charge on any atom is 0.312 e. The quantitative estimate of drug-likeness (QED) is 0.379. The van der Waals surface area contributed by atoms with Crippen LogP contribution in [0.25, 0.3) is 0 Å². The van der Waals surface area contributed by atoms with Crippen molar-refractivity contribution in [1.82, 2.24) is 5.32 Å². The van der Waals surface area contributed by atoms with Gasteiger partial charge in [0.25, 0.3) is 5.69 Å². The minimum atomic E-state index is -1.84. The van der Waals surface area contributed by atoms with Crippen molar-refractivity contribution in [2.45, 2.75) is 45.7 Å². The zero-order chi connectivity index (χ0) is 21.4. The Kier molecular flexibility index (Phi) is 5.61. The molecule has 1 aliphatic rings. The molecule has 0 spiro atoms. The fraction of sp³-hybridized carbons (Fsp3) is 0.526. The molecule has 0 amide bonds. The summed E-state index contributed by atoms with van der Waals surface area (Å²) in [4.78, 5) is 47.3. The lowest BCUT2D eigenvalue weighted by Gasteiger charge is -2.57. The molecule has 0 bridgehead atoms. The van der Waals surface area contributed by atoms with Gasteiger partial charge < -0.3 is 20.3 Å². The van der Waals surface area contributed by atoms with Gasteiger partial charge in [0.15, 0.2) is 0 Å². The average Bonchev–Trinajstić information content (AvgIpc) is 2.61. The summed E-state index contributed by atoms with van der Waals surface area (Å²) in [5.41, 5.74) is -3.54. The number of carbonyl (C=O) groups excluding carboxylic acids is 1. The van der Waals surface area contributed by atoms with Crippen LogP contribution < -0.4 is 5.32 Å². The third kappa shape index (κ3) is 2.86. The average molecular weight is 392 g/mol. The number of aldehydes is 1. The van der Waals surface area contributed by atoms with Crippen molar-refractivity contribution in [1.29, 1.82) is 0 Å². The molecule has 0 aromatic heterocycles. The number of nitrogens with one attached hydrogen (secondary N) is 1. The number of rotatable bonds is 6. The molecule has 9 heteroatoms. The lowest BCUT2D eigenvalue weighted by atomic mass is 9.49. The summed E-state index contributed by atoms with van der Waals surface area (Å²) in [6, 6.07) is 3.39. The summed E-state index contributed by atoms with van der Waals surface area (Å²) in [6.45, 7) is 6.24. The highest BCUT2D eigenvalue weighted by atomic mass is 16.6. The number of benzene rings is 1. The number of non-ortho nitro benzene ring substituents is 1. The summed E-state index contributed by atoms with van der Waals surface area (Å²) in [6.07, 6.45) is 0.459. The van der Waals surface area contributed by atoms with E-state index in [-0.39, 0.29) is 11.3 Å². The molecule has 1 heterocycles. The SMILES string of the molecule is CC(C)[C@]1(C(=O)O)[C@H](C)N[C@H](C=O)[C@@](C)(C(=O)O)[C@@H]1c1cccc([N+](=O)[O-])c1. The lowest BCUT2D eigenvalue weighted by Crippen LogP contribution is -2.71. The summed E-state index contributed by atoms with van der Waals surface area (Å²) in [7, 11) is 0. The van der Waals surface area contributed by atoms with Gasteiger partial charge >= 0.3 is 11.9 Å². The first-order valence-corrected chi connectivity index (χ1v) is 8.88. The van der Waals surface area contributed by atoms with Crippen LogP contribution in [0.4, 0.5) is 5.69 Å². The van der Waals surface area contributed by atoms with Crippen molar-refractivity contribution >= 4 is 23.9 Å². The number of hydrogen-bond donors (Lipinski definition) is 3. The van der Waals surface area contributed by atoms with Crippen LogP contribution in [0.15, 0.2) is 24.3 Å². The van der Waals surface area contributed by atoms with E-state index in [4.69, 9.17) is 0 Å². The minimum absolute atomic E-state index is 0.204. The number of hydrogen-bond acceptors (Lipinski definition) is 6. The lowest BCUT2D eigenvalue weighted by molar-refractivity contribution is -0.385.